The molecule has 3 spiro atoms. The largest absolute Gasteiger partial charge is 0.467 e. The number of esters is 1. The first-order chi connectivity index (χ1) is 14.0. The van der Waals surface area contributed by atoms with Gasteiger partial charge in [-0.05, 0) is 43.9 Å². The van der Waals surface area contributed by atoms with E-state index in [1.54, 1.807) is 0 Å². The number of carbonyl (C=O) groups is 1. The lowest BCUT2D eigenvalue weighted by Gasteiger charge is -2.69. The molecule has 3 aliphatic carbocycles. The summed E-state index contributed by atoms with van der Waals surface area (Å²) in [5.41, 5.74) is -1.01. The van der Waals surface area contributed by atoms with E-state index in [2.05, 4.69) is 28.4 Å². The Morgan fingerprint density at radius 3 is 3.07 bits per heavy atom. The van der Waals surface area contributed by atoms with Crippen LogP contribution in [0.4, 0.5) is 5.69 Å². The first-order valence-electron chi connectivity index (χ1n) is 10.5. The Morgan fingerprint density at radius 2 is 2.21 bits per heavy atom. The van der Waals surface area contributed by atoms with Crippen molar-refractivity contribution in [1.29, 1.82) is 0 Å². The molecule has 8 rings (SSSR count). The van der Waals surface area contributed by atoms with Gasteiger partial charge in [-0.15, -0.1) is 0 Å². The van der Waals surface area contributed by atoms with Crippen molar-refractivity contribution in [1.82, 2.24) is 4.90 Å². The maximum Gasteiger partial charge on any atom is 0.340 e. The summed E-state index contributed by atoms with van der Waals surface area (Å²) in [5, 5.41) is 15.8. The monoisotopic (exact) mass is 396 g/mol. The maximum absolute atomic E-state index is 13.1. The van der Waals surface area contributed by atoms with Crippen molar-refractivity contribution in [3.63, 3.8) is 0 Å². The van der Waals surface area contributed by atoms with Gasteiger partial charge >= 0.3 is 5.97 Å². The van der Waals surface area contributed by atoms with Crippen LogP contribution in [0.5, 0.6) is 11.5 Å². The number of nitrogens with zero attached hydrogens (tertiary/aromatic N) is 1. The Bertz CT molecular complexity index is 1010. The second-order valence-corrected chi connectivity index (χ2v) is 9.54. The molecule has 0 aromatic heterocycles. The molecule has 29 heavy (non-hydrogen) atoms. The minimum atomic E-state index is -1.61. The number of fused-ring (bicyclic) bond motifs is 5. The number of ether oxygens (including phenoxy) is 3. The van der Waals surface area contributed by atoms with Gasteiger partial charge in [-0.3, -0.25) is 4.90 Å². The maximum atomic E-state index is 13.1. The summed E-state index contributed by atoms with van der Waals surface area (Å²) < 4.78 is 16.6. The molecule has 152 valence electrons. The molecule has 7 aliphatic rings. The molecule has 5 atom stereocenters. The van der Waals surface area contributed by atoms with Crippen LogP contribution < -0.4 is 14.8 Å². The molecule has 5 unspecified atom stereocenters. The van der Waals surface area contributed by atoms with Crippen molar-refractivity contribution in [3.05, 3.63) is 29.8 Å². The fourth-order valence-corrected chi connectivity index (χ4v) is 8.11. The lowest BCUT2D eigenvalue weighted by Crippen LogP contribution is -2.83. The highest BCUT2D eigenvalue weighted by Gasteiger charge is 2.84. The molecule has 2 bridgehead atoms. The van der Waals surface area contributed by atoms with Crippen molar-refractivity contribution in [2.75, 3.05) is 32.3 Å². The molecule has 1 aromatic carbocycles. The van der Waals surface area contributed by atoms with Gasteiger partial charge in [-0.2, -0.15) is 0 Å². The van der Waals surface area contributed by atoms with Crippen LogP contribution in [-0.4, -0.2) is 60.1 Å². The van der Waals surface area contributed by atoms with Gasteiger partial charge in [-0.25, -0.2) is 4.79 Å². The van der Waals surface area contributed by atoms with Crippen LogP contribution in [-0.2, 0) is 14.9 Å². The Hall–Kier alpha value is -2.25. The molecule has 0 radical (unpaired) electrons. The normalized spacial score (nSPS) is 44.8. The van der Waals surface area contributed by atoms with Gasteiger partial charge in [0.1, 0.15) is 0 Å². The molecule has 3 saturated carbocycles. The van der Waals surface area contributed by atoms with Crippen LogP contribution in [0.25, 0.3) is 0 Å². The number of methoxy groups -OCH3 is 1. The second kappa shape index (κ2) is 4.73. The Balaban J connectivity index is 1.57. The number of nitrogens with one attached hydrogen (secondary N) is 1. The van der Waals surface area contributed by atoms with Crippen molar-refractivity contribution >= 4 is 11.7 Å². The van der Waals surface area contributed by atoms with Crippen molar-refractivity contribution in [2.24, 2.45) is 5.41 Å². The van der Waals surface area contributed by atoms with Crippen molar-refractivity contribution in [3.8, 4) is 11.5 Å². The molecule has 1 aromatic rings. The molecular weight excluding hydrogens is 372 g/mol. The molecule has 7 heteroatoms. The van der Waals surface area contributed by atoms with Crippen LogP contribution in [0.1, 0.15) is 31.2 Å². The summed E-state index contributed by atoms with van der Waals surface area (Å²) >= 11 is 0. The highest BCUT2D eigenvalue weighted by Crippen LogP contribution is 2.75. The van der Waals surface area contributed by atoms with Crippen LogP contribution in [0.2, 0.25) is 0 Å². The number of hydrogen-bond donors (Lipinski definition) is 2. The summed E-state index contributed by atoms with van der Waals surface area (Å²) in [6, 6.07) is 4.34. The van der Waals surface area contributed by atoms with Gasteiger partial charge in [-0.1, -0.05) is 18.2 Å². The molecule has 1 saturated heterocycles. The molecular formula is C22H24N2O5. The Labute approximate surface area is 168 Å². The molecule has 0 amide bonds. The van der Waals surface area contributed by atoms with E-state index in [9.17, 15) is 9.90 Å². The van der Waals surface area contributed by atoms with E-state index in [1.807, 2.05) is 6.07 Å². The zero-order chi connectivity index (χ0) is 19.6. The average Bonchev–Trinajstić information content (AvgIpc) is 3.43. The van der Waals surface area contributed by atoms with Gasteiger partial charge in [0.25, 0.3) is 0 Å². The van der Waals surface area contributed by atoms with Gasteiger partial charge in [0.15, 0.2) is 17.1 Å². The summed E-state index contributed by atoms with van der Waals surface area (Å²) in [6.45, 7) is 2.06. The van der Waals surface area contributed by atoms with Gasteiger partial charge in [0.05, 0.1) is 18.3 Å². The van der Waals surface area contributed by atoms with E-state index >= 15 is 0 Å². The zero-order valence-electron chi connectivity index (χ0n) is 16.4. The minimum absolute atomic E-state index is 0.191. The summed E-state index contributed by atoms with van der Waals surface area (Å²) in [5.74, 6) is 0.878. The lowest BCUT2D eigenvalue weighted by atomic mass is 9.38. The predicted octanol–water partition coefficient (Wildman–Crippen LogP) is 1.55. The van der Waals surface area contributed by atoms with Crippen LogP contribution in [0.15, 0.2) is 24.3 Å². The third kappa shape index (κ3) is 1.46. The van der Waals surface area contributed by atoms with E-state index in [4.69, 9.17) is 14.2 Å². The molecule has 4 aliphatic heterocycles. The quantitative estimate of drug-likeness (QED) is 0.551. The summed E-state index contributed by atoms with van der Waals surface area (Å²) in [4.78, 5) is 15.7. The second-order valence-electron chi connectivity index (χ2n) is 9.54. The fraction of sp³-hybridized carbons (Fsp3) is 0.591. The Kier molecular flexibility index (Phi) is 2.70. The number of rotatable bonds is 1. The number of aliphatic hydroxyl groups is 1. The topological polar surface area (TPSA) is 80.3 Å². The third-order valence-electron chi connectivity index (χ3n) is 8.86. The fourth-order valence-electron chi connectivity index (χ4n) is 8.11. The van der Waals surface area contributed by atoms with Crippen LogP contribution in [0.3, 0.4) is 0 Å². The van der Waals surface area contributed by atoms with E-state index < -0.39 is 17.1 Å². The van der Waals surface area contributed by atoms with Crippen LogP contribution >= 0.6 is 0 Å². The number of anilines is 1. The first kappa shape index (κ1) is 16.5. The Morgan fingerprint density at radius 1 is 1.31 bits per heavy atom. The highest BCUT2D eigenvalue weighted by molar-refractivity contribution is 5.89. The van der Waals surface area contributed by atoms with Crippen molar-refractivity contribution < 1.29 is 24.1 Å². The van der Waals surface area contributed by atoms with Gasteiger partial charge in [0.2, 0.25) is 6.79 Å². The van der Waals surface area contributed by atoms with E-state index in [-0.39, 0.29) is 23.7 Å². The van der Waals surface area contributed by atoms with E-state index in [0.717, 1.165) is 37.2 Å². The van der Waals surface area contributed by atoms with Crippen LogP contribution in [0, 0.1) is 5.41 Å². The van der Waals surface area contributed by atoms with E-state index in [0.29, 0.717) is 24.3 Å². The first-order valence-corrected chi connectivity index (χ1v) is 10.5. The summed E-state index contributed by atoms with van der Waals surface area (Å²) in [6.07, 6.45) is 7.41. The minimum Gasteiger partial charge on any atom is -0.467 e. The van der Waals surface area contributed by atoms with Gasteiger partial charge in [0, 0.05) is 23.4 Å². The standard InChI is InChI=1S/C22H24N2O5/c1-27-18(25)21(26)11-19-5-2-9-24-10-8-20(17(19)24)13-3-4-14-16(29-12-28-14)15(13)23-22(20,21)7-6-19/h2-5,17,23,26H,6-12H2,1H3. The molecule has 4 fully saturated rings. The summed E-state index contributed by atoms with van der Waals surface area (Å²) in [7, 11) is 1.37. The zero-order valence-corrected chi connectivity index (χ0v) is 16.4. The highest BCUT2D eigenvalue weighted by atomic mass is 16.7. The molecule has 4 heterocycles. The lowest BCUT2D eigenvalue weighted by molar-refractivity contribution is -0.209. The number of hydrogen-bond acceptors (Lipinski definition) is 7. The molecule has 2 N–H and O–H groups in total. The smallest absolute Gasteiger partial charge is 0.340 e. The average molecular weight is 396 g/mol. The van der Waals surface area contributed by atoms with Gasteiger partial charge < -0.3 is 24.6 Å². The SMILES string of the molecule is COC(=O)C1(O)CC23C=CCN4CCC5(c6ccc7c(c6NC15CC2)OCO7)C43. The number of carbonyl (C=O) groups excluding carboxylic acids is 1. The van der Waals surface area contributed by atoms with Crippen molar-refractivity contribution in [2.45, 2.75) is 48.3 Å². The third-order valence-corrected chi connectivity index (χ3v) is 8.86. The van der Waals surface area contributed by atoms with E-state index in [1.165, 1.54) is 7.11 Å². The predicted molar refractivity (Wildman–Crippen MR) is 103 cm³/mol. The molecule has 7 nitrogen and oxygen atoms in total. The number of benzene rings is 1.